The van der Waals surface area contributed by atoms with Gasteiger partial charge in [-0.05, 0) is 37.1 Å². The molecule has 1 aliphatic heterocycles. The number of hydrogen-bond donors (Lipinski definition) is 2. The maximum absolute atomic E-state index is 10.7. The van der Waals surface area contributed by atoms with Gasteiger partial charge in [0.15, 0.2) is 17.7 Å². The summed E-state index contributed by atoms with van der Waals surface area (Å²) in [4.78, 5) is 4.72. The summed E-state index contributed by atoms with van der Waals surface area (Å²) in [5.41, 5.74) is 1.92. The number of rotatable bonds is 3. The van der Waals surface area contributed by atoms with Gasteiger partial charge in [0.2, 0.25) is 0 Å². The van der Waals surface area contributed by atoms with Crippen molar-refractivity contribution in [3.8, 4) is 11.5 Å². The summed E-state index contributed by atoms with van der Waals surface area (Å²) < 4.78 is 5.15. The normalized spacial score (nSPS) is 20.3. The van der Waals surface area contributed by atoms with Crippen molar-refractivity contribution < 1.29 is 15.1 Å². The molecule has 0 aliphatic carbocycles. The summed E-state index contributed by atoms with van der Waals surface area (Å²) >= 11 is 0. The second-order valence-electron chi connectivity index (χ2n) is 6.05. The van der Waals surface area contributed by atoms with Crippen LogP contribution in [0.5, 0.6) is 11.5 Å². The molecule has 0 saturated carbocycles. The lowest BCUT2D eigenvalue weighted by molar-refractivity contribution is -0.159. The minimum atomic E-state index is -0.628. The average Bonchev–Trinajstić information content (AvgIpc) is 2.79. The molecule has 0 unspecified atom stereocenters. The second-order valence-corrected chi connectivity index (χ2v) is 6.05. The first-order valence-corrected chi connectivity index (χ1v) is 7.44. The van der Waals surface area contributed by atoms with E-state index in [0.29, 0.717) is 5.75 Å². The third kappa shape index (κ3) is 2.58. The lowest BCUT2D eigenvalue weighted by Crippen LogP contribution is -2.44. The Labute approximate surface area is 135 Å². The summed E-state index contributed by atoms with van der Waals surface area (Å²) in [5, 5.41) is 21.6. The fourth-order valence-electron chi connectivity index (χ4n) is 2.84. The van der Waals surface area contributed by atoms with Crippen LogP contribution in [0.3, 0.4) is 0 Å². The van der Waals surface area contributed by atoms with Crippen molar-refractivity contribution in [1.82, 2.24) is 5.06 Å². The number of phenolic OH excluding ortho intramolecular Hbond substituents is 1. The molecule has 2 aromatic rings. The molecular formula is C18H20N2O3. The number of aromatic hydroxyl groups is 1. The van der Waals surface area contributed by atoms with Crippen LogP contribution in [0.1, 0.15) is 31.1 Å². The molecule has 0 amide bonds. The number of ether oxygens (including phenoxy) is 1. The summed E-state index contributed by atoms with van der Waals surface area (Å²) in [5.74, 6) is 0.419. The number of aliphatic imine (C=N–C) groups is 1. The molecule has 5 nitrogen and oxygen atoms in total. The highest BCUT2D eigenvalue weighted by Gasteiger charge is 2.43. The third-order valence-electron chi connectivity index (χ3n) is 4.18. The fraction of sp³-hybridized carbons (Fsp3) is 0.278. The lowest BCUT2D eigenvalue weighted by Gasteiger charge is -2.30. The Morgan fingerprint density at radius 2 is 1.83 bits per heavy atom. The third-order valence-corrected chi connectivity index (χ3v) is 4.18. The van der Waals surface area contributed by atoms with Gasteiger partial charge in [-0.1, -0.05) is 36.4 Å². The smallest absolute Gasteiger partial charge is 0.160 e. The zero-order chi connectivity index (χ0) is 16.6. The minimum Gasteiger partial charge on any atom is -0.504 e. The van der Waals surface area contributed by atoms with Gasteiger partial charge < -0.3 is 15.1 Å². The molecule has 1 heterocycles. The van der Waals surface area contributed by atoms with Crippen LogP contribution in [0.25, 0.3) is 0 Å². The topological polar surface area (TPSA) is 65.3 Å². The number of methoxy groups -OCH3 is 1. The first-order chi connectivity index (χ1) is 10.9. The van der Waals surface area contributed by atoms with Gasteiger partial charge in [0.1, 0.15) is 0 Å². The minimum absolute atomic E-state index is 0.0604. The van der Waals surface area contributed by atoms with Gasteiger partial charge in [0.05, 0.1) is 18.4 Å². The molecule has 2 N–H and O–H groups in total. The van der Waals surface area contributed by atoms with Crippen molar-refractivity contribution in [1.29, 1.82) is 0 Å². The average molecular weight is 312 g/mol. The van der Waals surface area contributed by atoms with Gasteiger partial charge in [-0.2, -0.15) is 5.06 Å². The molecule has 0 spiro atoms. The van der Waals surface area contributed by atoms with Crippen LogP contribution in [-0.4, -0.2) is 33.7 Å². The number of phenols is 1. The largest absolute Gasteiger partial charge is 0.504 e. The van der Waals surface area contributed by atoms with E-state index in [9.17, 15) is 10.3 Å². The zero-order valence-electron chi connectivity index (χ0n) is 13.4. The highest BCUT2D eigenvalue weighted by molar-refractivity contribution is 6.08. The van der Waals surface area contributed by atoms with Crippen molar-refractivity contribution in [3.63, 3.8) is 0 Å². The van der Waals surface area contributed by atoms with Crippen LogP contribution in [-0.2, 0) is 0 Å². The molecular weight excluding hydrogens is 292 g/mol. The van der Waals surface area contributed by atoms with Gasteiger partial charge in [0.25, 0.3) is 0 Å². The molecule has 0 fully saturated rings. The van der Waals surface area contributed by atoms with Crippen molar-refractivity contribution in [2.45, 2.75) is 25.6 Å². The van der Waals surface area contributed by atoms with Crippen molar-refractivity contribution in [2.75, 3.05) is 7.11 Å². The van der Waals surface area contributed by atoms with Gasteiger partial charge >= 0.3 is 0 Å². The van der Waals surface area contributed by atoms with Crippen LogP contribution >= 0.6 is 0 Å². The molecule has 23 heavy (non-hydrogen) atoms. The van der Waals surface area contributed by atoms with E-state index in [1.54, 1.807) is 18.2 Å². The lowest BCUT2D eigenvalue weighted by atomic mass is 9.93. The molecule has 2 aromatic carbocycles. The maximum atomic E-state index is 10.7. The Hall–Kier alpha value is -2.37. The van der Waals surface area contributed by atoms with Gasteiger partial charge in [0, 0.05) is 0 Å². The molecule has 0 aromatic heterocycles. The van der Waals surface area contributed by atoms with Gasteiger partial charge in [-0.25, -0.2) is 0 Å². The molecule has 0 radical (unpaired) electrons. The molecule has 1 atom stereocenters. The van der Waals surface area contributed by atoms with E-state index in [2.05, 4.69) is 0 Å². The SMILES string of the molecule is COc1cc([C@H]2N=C(c3ccccc3)C(C)(C)N2O)ccc1O. The standard InChI is InChI=1S/C18H20N2O3/c1-18(2)16(12-7-5-4-6-8-12)19-17(20(18)22)13-9-10-14(21)15(11-13)23-3/h4-11,17,21-22H,1-3H3/t17-/m0/s1. The van der Waals surface area contributed by atoms with Gasteiger partial charge in [-0.15, -0.1) is 0 Å². The Morgan fingerprint density at radius 3 is 2.48 bits per heavy atom. The molecule has 0 bridgehead atoms. The van der Waals surface area contributed by atoms with E-state index in [1.807, 2.05) is 44.2 Å². The fourth-order valence-corrected chi connectivity index (χ4v) is 2.84. The first kappa shape index (κ1) is 15.5. The zero-order valence-corrected chi connectivity index (χ0v) is 13.4. The monoisotopic (exact) mass is 312 g/mol. The molecule has 3 rings (SSSR count). The Balaban J connectivity index is 2.05. The highest BCUT2D eigenvalue weighted by Crippen LogP contribution is 2.39. The van der Waals surface area contributed by atoms with Crippen molar-refractivity contribution in [3.05, 3.63) is 59.7 Å². The van der Waals surface area contributed by atoms with Crippen LogP contribution in [0.4, 0.5) is 0 Å². The first-order valence-electron chi connectivity index (χ1n) is 7.44. The van der Waals surface area contributed by atoms with Crippen LogP contribution < -0.4 is 4.74 Å². The van der Waals surface area contributed by atoms with Gasteiger partial charge in [-0.3, -0.25) is 4.99 Å². The van der Waals surface area contributed by atoms with E-state index in [4.69, 9.17) is 9.73 Å². The van der Waals surface area contributed by atoms with E-state index < -0.39 is 11.7 Å². The number of nitrogens with zero attached hydrogens (tertiary/aromatic N) is 2. The molecule has 1 aliphatic rings. The van der Waals surface area contributed by atoms with Crippen LogP contribution in [0.15, 0.2) is 53.5 Å². The Kier molecular flexibility index (Phi) is 3.83. The summed E-state index contributed by atoms with van der Waals surface area (Å²) in [6.07, 6.45) is -0.547. The van der Waals surface area contributed by atoms with E-state index in [1.165, 1.54) is 12.2 Å². The van der Waals surface area contributed by atoms with E-state index >= 15 is 0 Å². The van der Waals surface area contributed by atoms with E-state index in [-0.39, 0.29) is 5.75 Å². The number of benzene rings is 2. The molecule has 0 saturated heterocycles. The second kappa shape index (κ2) is 5.68. The number of hydrogen-bond acceptors (Lipinski definition) is 5. The van der Waals surface area contributed by atoms with Crippen molar-refractivity contribution in [2.24, 2.45) is 4.99 Å². The summed E-state index contributed by atoms with van der Waals surface area (Å²) in [7, 11) is 1.49. The maximum Gasteiger partial charge on any atom is 0.160 e. The predicted octanol–water partition coefficient (Wildman–Crippen LogP) is 3.37. The number of hydroxylamine groups is 2. The van der Waals surface area contributed by atoms with Crippen molar-refractivity contribution >= 4 is 5.71 Å². The van der Waals surface area contributed by atoms with E-state index in [0.717, 1.165) is 16.8 Å². The predicted molar refractivity (Wildman–Crippen MR) is 88.1 cm³/mol. The quantitative estimate of drug-likeness (QED) is 0.912. The van der Waals surface area contributed by atoms with Crippen LogP contribution in [0.2, 0.25) is 0 Å². The summed E-state index contributed by atoms with van der Waals surface area (Å²) in [6, 6.07) is 14.8. The summed E-state index contributed by atoms with van der Waals surface area (Å²) in [6.45, 7) is 3.85. The van der Waals surface area contributed by atoms with Crippen LogP contribution in [0, 0.1) is 0 Å². The Morgan fingerprint density at radius 1 is 1.13 bits per heavy atom. The molecule has 120 valence electrons. The Bertz CT molecular complexity index is 741. The molecule has 5 heteroatoms. The highest BCUT2D eigenvalue weighted by atomic mass is 16.5.